The number of Topliss-reactive ketones (excluding diaryl/α,β-unsaturated/α-hetero) is 1. The number of rotatable bonds is 8. The highest BCUT2D eigenvalue weighted by atomic mass is 35.5. The molecule has 0 spiro atoms. The van der Waals surface area contributed by atoms with Crippen LogP contribution in [-0.2, 0) is 20.7 Å². The smallest absolute Gasteiger partial charge is 0.221 e. The maximum Gasteiger partial charge on any atom is 0.221 e. The molecule has 0 amide bonds. The van der Waals surface area contributed by atoms with Crippen molar-refractivity contribution in [2.75, 3.05) is 0 Å². The van der Waals surface area contributed by atoms with E-state index in [1.807, 2.05) is 51.3 Å². The Labute approximate surface area is 289 Å². The number of nitrogens with one attached hydrogen (secondary N) is 2. The summed E-state index contributed by atoms with van der Waals surface area (Å²) in [5.41, 5.74) is 13.1. The van der Waals surface area contributed by atoms with Gasteiger partial charge in [0.1, 0.15) is 28.1 Å². The number of imidazole rings is 2. The molecule has 4 N–H and O–H groups in total. The first-order valence-corrected chi connectivity index (χ1v) is 17.8. The van der Waals surface area contributed by atoms with Crippen molar-refractivity contribution in [2.24, 2.45) is 23.0 Å². The van der Waals surface area contributed by atoms with Crippen LogP contribution >= 0.6 is 11.6 Å². The number of nitrogens with two attached hydrogens (primary N) is 1. The second kappa shape index (κ2) is 11.2. The molecule has 6 aromatic rings. The third-order valence-corrected chi connectivity index (χ3v) is 11.3. The van der Waals surface area contributed by atoms with Gasteiger partial charge in [0.05, 0.1) is 41.6 Å². The van der Waals surface area contributed by atoms with Gasteiger partial charge < -0.3 is 24.8 Å². The first kappa shape index (κ1) is 32.1. The second-order valence-electron chi connectivity index (χ2n) is 16.3. The SMILES string of the molecule is CC(C)CC(=O)CC12CC(n3cnc4cnc5[nH]ccc5c43)(C1)C2.CC(C)CC(=O)Cl.NC12CC(n3cnc4cnc5[nH]ccc5c43)(C1)C2. The van der Waals surface area contributed by atoms with E-state index < -0.39 is 0 Å². The molecule has 49 heavy (non-hydrogen) atoms. The lowest BCUT2D eigenvalue weighted by Crippen LogP contribution is -2.76. The molecule has 6 heterocycles. The van der Waals surface area contributed by atoms with Crippen molar-refractivity contribution in [3.05, 3.63) is 49.6 Å². The molecule has 6 aromatic heterocycles. The minimum Gasteiger partial charge on any atom is -0.346 e. The van der Waals surface area contributed by atoms with Crippen molar-refractivity contribution in [3.63, 3.8) is 0 Å². The van der Waals surface area contributed by atoms with Crippen molar-refractivity contribution < 1.29 is 9.59 Å². The van der Waals surface area contributed by atoms with Gasteiger partial charge in [-0.1, -0.05) is 27.7 Å². The fourth-order valence-electron chi connectivity index (χ4n) is 9.45. The fraction of sp³-hybridized carbons (Fsp3) is 0.514. The summed E-state index contributed by atoms with van der Waals surface area (Å²) in [7, 11) is 0. The van der Waals surface area contributed by atoms with Gasteiger partial charge in [-0.2, -0.15) is 0 Å². The van der Waals surface area contributed by atoms with Crippen molar-refractivity contribution in [1.29, 1.82) is 0 Å². The van der Waals surface area contributed by atoms with Crippen molar-refractivity contribution >= 4 is 66.8 Å². The predicted octanol–water partition coefficient (Wildman–Crippen LogP) is 7.10. The van der Waals surface area contributed by atoms with Crippen molar-refractivity contribution in [2.45, 2.75) is 102 Å². The van der Waals surface area contributed by atoms with E-state index in [4.69, 9.17) is 17.3 Å². The Balaban J connectivity index is 0.000000123. The van der Waals surface area contributed by atoms with E-state index in [1.165, 1.54) is 11.0 Å². The number of nitrogens with zero attached hydrogens (tertiary/aromatic N) is 6. The first-order valence-electron chi connectivity index (χ1n) is 17.4. The topological polar surface area (TPSA) is 153 Å². The van der Waals surface area contributed by atoms with E-state index in [9.17, 15) is 9.59 Å². The van der Waals surface area contributed by atoms with Gasteiger partial charge in [0.2, 0.25) is 5.24 Å². The minimum atomic E-state index is -0.241. The van der Waals surface area contributed by atoms with Crippen LogP contribution in [0.4, 0.5) is 0 Å². The third-order valence-electron chi connectivity index (χ3n) is 11.1. The summed E-state index contributed by atoms with van der Waals surface area (Å²) in [6, 6.07) is 4.16. The van der Waals surface area contributed by atoms with Crippen LogP contribution in [0.2, 0.25) is 0 Å². The van der Waals surface area contributed by atoms with Gasteiger partial charge in [-0.3, -0.25) is 9.59 Å². The maximum atomic E-state index is 12.2. The van der Waals surface area contributed by atoms with Crippen LogP contribution in [0.3, 0.4) is 0 Å². The van der Waals surface area contributed by atoms with Crippen LogP contribution in [0.25, 0.3) is 44.1 Å². The van der Waals surface area contributed by atoms with Gasteiger partial charge in [0.25, 0.3) is 0 Å². The monoisotopic (exact) mass is 681 g/mol. The summed E-state index contributed by atoms with van der Waals surface area (Å²) < 4.78 is 4.68. The van der Waals surface area contributed by atoms with Gasteiger partial charge in [-0.05, 0) is 79.5 Å². The first-order chi connectivity index (χ1) is 23.3. The number of carbonyl (C=O) groups is 2. The molecule has 0 unspecified atom stereocenters. The minimum absolute atomic E-state index is 0.112. The zero-order valence-electron chi connectivity index (χ0n) is 28.6. The Bertz CT molecular complexity index is 2200. The summed E-state index contributed by atoms with van der Waals surface area (Å²) >= 11 is 5.03. The second-order valence-corrected chi connectivity index (χ2v) is 16.8. The van der Waals surface area contributed by atoms with Crippen LogP contribution in [0, 0.1) is 17.3 Å². The van der Waals surface area contributed by atoms with Crippen LogP contribution < -0.4 is 5.73 Å². The highest BCUT2D eigenvalue weighted by Gasteiger charge is 2.69. The largest absolute Gasteiger partial charge is 0.346 e. The van der Waals surface area contributed by atoms with E-state index in [0.29, 0.717) is 24.0 Å². The van der Waals surface area contributed by atoms with Gasteiger partial charge in [0, 0.05) is 53.5 Å². The van der Waals surface area contributed by atoms with E-state index in [-0.39, 0.29) is 27.3 Å². The lowest BCUT2D eigenvalue weighted by molar-refractivity contribution is -0.191. The van der Waals surface area contributed by atoms with Crippen molar-refractivity contribution in [1.82, 2.24) is 39.0 Å². The molecular weight excluding hydrogens is 638 g/mol. The summed E-state index contributed by atoms with van der Waals surface area (Å²) in [6.07, 6.45) is 20.0. The molecule has 6 saturated carbocycles. The van der Waals surface area contributed by atoms with E-state index >= 15 is 0 Å². The average molecular weight is 682 g/mol. The predicted molar refractivity (Wildman–Crippen MR) is 191 cm³/mol. The zero-order valence-corrected chi connectivity index (χ0v) is 29.3. The molecule has 12 rings (SSSR count). The molecule has 0 saturated heterocycles. The van der Waals surface area contributed by atoms with Gasteiger partial charge in [-0.15, -0.1) is 0 Å². The number of aromatic amines is 2. The number of ketones is 1. The molecule has 0 radical (unpaired) electrons. The summed E-state index contributed by atoms with van der Waals surface area (Å²) in [5, 5.41) is 2.05. The number of hydrogen-bond donors (Lipinski definition) is 3. The van der Waals surface area contributed by atoms with Gasteiger partial charge >= 0.3 is 0 Å². The molecule has 0 aromatic carbocycles. The number of carbonyl (C=O) groups excluding carboxylic acids is 2. The Morgan fingerprint density at radius 3 is 1.65 bits per heavy atom. The molecule has 12 heteroatoms. The van der Waals surface area contributed by atoms with Crippen LogP contribution in [-0.4, -0.2) is 55.6 Å². The van der Waals surface area contributed by atoms with Crippen LogP contribution in [0.1, 0.15) is 85.5 Å². The summed E-state index contributed by atoms with van der Waals surface area (Å²) in [6.45, 7) is 8.16. The Morgan fingerprint density at radius 1 is 0.776 bits per heavy atom. The van der Waals surface area contributed by atoms with E-state index in [1.54, 1.807) is 0 Å². The lowest BCUT2D eigenvalue weighted by atomic mass is 9.38. The number of aromatic nitrogens is 8. The number of pyridine rings is 2. The van der Waals surface area contributed by atoms with Gasteiger partial charge in [-0.25, -0.2) is 19.9 Å². The molecule has 0 aliphatic heterocycles. The third kappa shape index (κ3) is 5.28. The highest BCUT2D eigenvalue weighted by Crippen LogP contribution is 2.73. The van der Waals surface area contributed by atoms with E-state index in [2.05, 4.69) is 65.0 Å². The Morgan fingerprint density at radius 2 is 1.24 bits per heavy atom. The number of H-pyrrole nitrogens is 2. The van der Waals surface area contributed by atoms with Crippen LogP contribution in [0.5, 0.6) is 0 Å². The van der Waals surface area contributed by atoms with Crippen molar-refractivity contribution in [3.8, 4) is 0 Å². The van der Waals surface area contributed by atoms with Gasteiger partial charge in [0.15, 0.2) is 0 Å². The summed E-state index contributed by atoms with van der Waals surface area (Å²) in [5.74, 6) is 1.29. The normalized spacial score (nSPS) is 27.6. The molecule has 256 valence electrons. The lowest BCUT2D eigenvalue weighted by Gasteiger charge is -2.71. The Kier molecular flexibility index (Phi) is 7.35. The van der Waals surface area contributed by atoms with E-state index in [0.717, 1.165) is 84.5 Å². The quantitative estimate of drug-likeness (QED) is 0.145. The standard InChI is InChI=1S/C19H22N4O.C13H13N5.C5H9ClO/c1-12(2)5-13(24)6-18-8-19(9-18,10-18)23-11-22-15-7-21-17-14(16(15)23)3-4-20-17;14-12-4-13(5-12,6-12)18-7-17-9-3-16-11-8(10(9)18)1-2-15-11;1-4(2)3-5(6)7/h3-4,7,11-12H,5-6,8-10H2,1-2H3,(H,20,21);1-3,7H,4-6,14H2,(H,15,16);4H,3H2,1-2H3. The van der Waals surface area contributed by atoms with Crippen LogP contribution in [0.15, 0.2) is 49.6 Å². The molecule has 4 bridgehead atoms. The molecular formula is C37H44ClN9O2. The molecule has 0 atom stereocenters. The highest BCUT2D eigenvalue weighted by molar-refractivity contribution is 6.63. The summed E-state index contributed by atoms with van der Waals surface area (Å²) in [4.78, 5) is 46.4. The number of hydrogen-bond acceptors (Lipinski definition) is 7. The molecule has 6 aliphatic carbocycles. The molecule has 6 fully saturated rings. The number of fused-ring (bicyclic) bond motifs is 6. The zero-order chi connectivity index (χ0) is 34.3. The average Bonchev–Trinajstić information content (AvgIpc) is 3.75. The molecule has 6 aliphatic rings. The Hall–Kier alpha value is -4.09. The fourth-order valence-corrected chi connectivity index (χ4v) is 9.76. The maximum absolute atomic E-state index is 12.2. The number of halogens is 1. The molecule has 11 nitrogen and oxygen atoms in total.